The van der Waals surface area contributed by atoms with Crippen molar-refractivity contribution in [3.8, 4) is 11.4 Å². The number of likely N-dealkylation sites (tertiary alicyclic amines) is 1. The number of fused-ring (bicyclic) bond motifs is 1. The molecule has 0 aliphatic carbocycles. The SMILES string of the molecule is COc1ccc(-n2ncc([C@H]3N[C@](CO)(CCO)[C@H]4CN(C)C[C@@H]34)c2C)cc1. The summed E-state index contributed by atoms with van der Waals surface area (Å²) in [7, 11) is 3.79. The predicted molar refractivity (Wildman–Crippen MR) is 107 cm³/mol. The zero-order valence-electron chi connectivity index (χ0n) is 16.8. The normalized spacial score (nSPS) is 30.0. The van der Waals surface area contributed by atoms with Crippen LogP contribution in [-0.2, 0) is 0 Å². The summed E-state index contributed by atoms with van der Waals surface area (Å²) in [6, 6.07) is 7.98. The van der Waals surface area contributed by atoms with Crippen LogP contribution in [0.4, 0.5) is 0 Å². The van der Waals surface area contributed by atoms with Crippen LogP contribution in [0.25, 0.3) is 5.69 Å². The summed E-state index contributed by atoms with van der Waals surface area (Å²) in [5.41, 5.74) is 2.80. The van der Waals surface area contributed by atoms with Gasteiger partial charge in [0.1, 0.15) is 5.75 Å². The molecule has 7 heteroatoms. The van der Waals surface area contributed by atoms with Gasteiger partial charge in [-0.25, -0.2) is 4.68 Å². The van der Waals surface area contributed by atoms with Crippen molar-refractivity contribution < 1.29 is 14.9 Å². The van der Waals surface area contributed by atoms with Crippen LogP contribution in [0.3, 0.4) is 0 Å². The van der Waals surface area contributed by atoms with Crippen LogP contribution in [0.15, 0.2) is 30.5 Å². The number of hydrogen-bond acceptors (Lipinski definition) is 6. The van der Waals surface area contributed by atoms with Crippen molar-refractivity contribution in [2.75, 3.05) is 40.5 Å². The van der Waals surface area contributed by atoms with E-state index in [-0.39, 0.29) is 19.3 Å². The first kappa shape index (κ1) is 19.4. The Bertz CT molecular complexity index is 822. The molecule has 3 heterocycles. The van der Waals surface area contributed by atoms with Crippen molar-refractivity contribution in [1.29, 1.82) is 0 Å². The zero-order valence-corrected chi connectivity index (χ0v) is 16.8. The van der Waals surface area contributed by atoms with Gasteiger partial charge in [0, 0.05) is 42.5 Å². The quantitative estimate of drug-likeness (QED) is 0.690. The minimum absolute atomic E-state index is 0.0325. The Morgan fingerprint density at radius 3 is 2.64 bits per heavy atom. The molecule has 2 aromatic rings. The van der Waals surface area contributed by atoms with Crippen LogP contribution in [0.1, 0.15) is 23.7 Å². The molecule has 4 rings (SSSR count). The lowest BCUT2D eigenvalue weighted by molar-refractivity contribution is 0.0993. The van der Waals surface area contributed by atoms with Crippen molar-refractivity contribution in [2.45, 2.75) is 24.9 Å². The molecule has 0 saturated carbocycles. The lowest BCUT2D eigenvalue weighted by Gasteiger charge is -2.33. The van der Waals surface area contributed by atoms with Gasteiger partial charge in [-0.2, -0.15) is 5.10 Å². The van der Waals surface area contributed by atoms with Crippen LogP contribution >= 0.6 is 0 Å². The van der Waals surface area contributed by atoms with E-state index in [9.17, 15) is 10.2 Å². The topological polar surface area (TPSA) is 82.8 Å². The van der Waals surface area contributed by atoms with E-state index >= 15 is 0 Å². The van der Waals surface area contributed by atoms with Crippen molar-refractivity contribution in [3.63, 3.8) is 0 Å². The first-order valence-electron chi connectivity index (χ1n) is 9.90. The number of aliphatic hydroxyl groups is 2. The highest BCUT2D eigenvalue weighted by molar-refractivity contribution is 5.40. The van der Waals surface area contributed by atoms with Gasteiger partial charge in [0.2, 0.25) is 0 Å². The average molecular weight is 386 g/mol. The molecule has 152 valence electrons. The average Bonchev–Trinajstić information content (AvgIpc) is 3.35. The molecule has 0 amide bonds. The minimum Gasteiger partial charge on any atom is -0.497 e. The molecule has 2 aliphatic rings. The number of hydrogen-bond donors (Lipinski definition) is 3. The molecule has 3 N–H and O–H groups in total. The Labute approximate surface area is 165 Å². The van der Waals surface area contributed by atoms with Gasteiger partial charge in [0.15, 0.2) is 0 Å². The number of rotatable bonds is 6. The van der Waals surface area contributed by atoms with Gasteiger partial charge in [-0.3, -0.25) is 0 Å². The van der Waals surface area contributed by atoms with Crippen molar-refractivity contribution in [2.24, 2.45) is 11.8 Å². The van der Waals surface area contributed by atoms with Crippen LogP contribution in [0.5, 0.6) is 5.75 Å². The maximum Gasteiger partial charge on any atom is 0.119 e. The third-order valence-corrected chi connectivity index (χ3v) is 6.67. The number of aromatic nitrogens is 2. The molecule has 2 aliphatic heterocycles. The highest BCUT2D eigenvalue weighted by atomic mass is 16.5. The molecule has 28 heavy (non-hydrogen) atoms. The molecule has 0 spiro atoms. The number of aliphatic hydroxyl groups excluding tert-OH is 2. The number of nitrogens with zero attached hydrogens (tertiary/aromatic N) is 3. The first-order valence-corrected chi connectivity index (χ1v) is 9.90. The zero-order chi connectivity index (χ0) is 19.9. The maximum absolute atomic E-state index is 10.2. The molecule has 4 atom stereocenters. The van der Waals surface area contributed by atoms with E-state index in [1.54, 1.807) is 7.11 Å². The lowest BCUT2D eigenvalue weighted by Crippen LogP contribution is -2.51. The third kappa shape index (κ3) is 3.03. The van der Waals surface area contributed by atoms with Crippen molar-refractivity contribution in [3.05, 3.63) is 41.7 Å². The van der Waals surface area contributed by atoms with Crippen molar-refractivity contribution in [1.82, 2.24) is 20.0 Å². The smallest absolute Gasteiger partial charge is 0.119 e. The second-order valence-corrected chi connectivity index (χ2v) is 8.20. The van der Waals surface area contributed by atoms with Crippen LogP contribution in [0, 0.1) is 18.8 Å². The van der Waals surface area contributed by atoms with Gasteiger partial charge in [-0.1, -0.05) is 0 Å². The van der Waals surface area contributed by atoms with E-state index in [1.165, 1.54) is 0 Å². The third-order valence-electron chi connectivity index (χ3n) is 6.67. The number of ether oxygens (including phenoxy) is 1. The van der Waals surface area contributed by atoms with Gasteiger partial charge in [-0.05, 0) is 56.5 Å². The molecule has 0 bridgehead atoms. The second-order valence-electron chi connectivity index (χ2n) is 8.20. The Balaban J connectivity index is 1.68. The Morgan fingerprint density at radius 1 is 1.25 bits per heavy atom. The van der Waals surface area contributed by atoms with Gasteiger partial charge in [0.25, 0.3) is 0 Å². The summed E-state index contributed by atoms with van der Waals surface area (Å²) >= 11 is 0. The van der Waals surface area contributed by atoms with Gasteiger partial charge < -0.3 is 25.2 Å². The van der Waals surface area contributed by atoms with Crippen LogP contribution < -0.4 is 10.1 Å². The maximum atomic E-state index is 10.2. The summed E-state index contributed by atoms with van der Waals surface area (Å²) in [6.07, 6.45) is 2.50. The molecular weight excluding hydrogens is 356 g/mol. The molecule has 0 unspecified atom stereocenters. The molecule has 0 radical (unpaired) electrons. The highest BCUT2D eigenvalue weighted by Gasteiger charge is 2.56. The van der Waals surface area contributed by atoms with Gasteiger partial charge >= 0.3 is 0 Å². The predicted octanol–water partition coefficient (Wildman–Crippen LogP) is 1.12. The van der Waals surface area contributed by atoms with E-state index in [0.717, 1.165) is 35.8 Å². The first-order chi connectivity index (χ1) is 13.5. The molecule has 1 aromatic carbocycles. The highest BCUT2D eigenvalue weighted by Crippen LogP contribution is 2.48. The molecule has 2 saturated heterocycles. The van der Waals surface area contributed by atoms with E-state index in [4.69, 9.17) is 4.74 Å². The summed E-state index contributed by atoms with van der Waals surface area (Å²) in [5.74, 6) is 1.51. The summed E-state index contributed by atoms with van der Waals surface area (Å²) in [5, 5.41) is 28.2. The molecule has 7 nitrogen and oxygen atoms in total. The van der Waals surface area contributed by atoms with E-state index < -0.39 is 5.54 Å². The summed E-state index contributed by atoms with van der Waals surface area (Å²) in [6.45, 7) is 4.10. The summed E-state index contributed by atoms with van der Waals surface area (Å²) < 4.78 is 7.20. The fourth-order valence-corrected chi connectivity index (χ4v) is 5.20. The van der Waals surface area contributed by atoms with Crippen LogP contribution in [0.2, 0.25) is 0 Å². The van der Waals surface area contributed by atoms with Crippen LogP contribution in [-0.4, -0.2) is 70.9 Å². The fourth-order valence-electron chi connectivity index (χ4n) is 5.20. The Kier molecular flexibility index (Phi) is 5.18. The second kappa shape index (κ2) is 7.48. The lowest BCUT2D eigenvalue weighted by atomic mass is 9.79. The van der Waals surface area contributed by atoms with Crippen molar-refractivity contribution >= 4 is 0 Å². The summed E-state index contributed by atoms with van der Waals surface area (Å²) in [4.78, 5) is 2.33. The molecular formula is C21H30N4O3. The molecule has 2 fully saturated rings. The Morgan fingerprint density at radius 2 is 2.00 bits per heavy atom. The van der Waals surface area contributed by atoms with Gasteiger partial charge in [-0.15, -0.1) is 0 Å². The van der Waals surface area contributed by atoms with E-state index in [0.29, 0.717) is 18.3 Å². The number of methoxy groups -OCH3 is 1. The standard InChI is InChI=1S/C21H30N4O3/c1-14-17(10-22-25(14)15-4-6-16(28-3)7-5-15)20-18-11-24(2)12-19(18)21(13-27,23-20)8-9-26/h4-7,10,18-20,23,26-27H,8-9,11-13H2,1-3H3/t18-,19+,20-,21+/m1/s1. The number of benzene rings is 1. The molecule has 1 aromatic heterocycles. The van der Waals surface area contributed by atoms with Gasteiger partial charge in [0.05, 0.1) is 25.6 Å². The van der Waals surface area contributed by atoms with E-state index in [1.807, 2.05) is 35.1 Å². The Hall–Kier alpha value is -1.93. The van der Waals surface area contributed by atoms with E-state index in [2.05, 4.69) is 29.3 Å². The monoisotopic (exact) mass is 386 g/mol. The minimum atomic E-state index is -0.441. The number of nitrogens with one attached hydrogen (secondary N) is 1. The fraction of sp³-hybridized carbons (Fsp3) is 0.571. The largest absolute Gasteiger partial charge is 0.497 e.